The molecule has 4 aliphatic rings. The molecule has 3 aliphatic carbocycles. The monoisotopic (exact) mass is 374 g/mol. The molecule has 2 heteroatoms. The molecule has 7 atom stereocenters. The van der Waals surface area contributed by atoms with Crippen LogP contribution in [0, 0.1) is 34.0 Å². The van der Waals surface area contributed by atoms with E-state index in [0.717, 1.165) is 13.0 Å². The number of aliphatic hydroxyl groups is 1. The highest BCUT2D eigenvalue weighted by Gasteiger charge is 2.66. The summed E-state index contributed by atoms with van der Waals surface area (Å²) in [7, 11) is 0. The summed E-state index contributed by atoms with van der Waals surface area (Å²) in [6, 6.07) is 0. The third-order valence-electron chi connectivity index (χ3n) is 9.85. The van der Waals surface area contributed by atoms with E-state index in [0.29, 0.717) is 17.8 Å². The highest BCUT2D eigenvalue weighted by molar-refractivity contribution is 5.16. The molecule has 4 rings (SSSR count). The first-order valence-electron chi connectivity index (χ1n) is 11.5. The van der Waals surface area contributed by atoms with Crippen LogP contribution in [0.4, 0.5) is 0 Å². The van der Waals surface area contributed by atoms with E-state index >= 15 is 0 Å². The lowest BCUT2D eigenvalue weighted by molar-refractivity contribution is -0.250. The first-order valence-corrected chi connectivity index (χ1v) is 11.5. The zero-order chi connectivity index (χ0) is 19.7. The minimum absolute atomic E-state index is 0.0322. The average Bonchev–Trinajstić information content (AvgIpc) is 2.50. The summed E-state index contributed by atoms with van der Waals surface area (Å²) in [6.07, 6.45) is 11.8. The molecule has 2 unspecified atom stereocenters. The molecule has 1 heterocycles. The standard InChI is InChI=1S/C25H42O2/c1-17-8-9-20-24(5)16-18(26)21-22(2,3)12-7-13-23(21,4)19(24)10-14-25(20,6)27-15-11-17/h11,18-21,26H,7-10,12-16H2,1-6H3/b17-11-/t18-,19?,20-,21?,23+,24+,25-/m0/s1. The first-order chi connectivity index (χ1) is 12.5. The summed E-state index contributed by atoms with van der Waals surface area (Å²) in [5.41, 5.74) is 2.15. The van der Waals surface area contributed by atoms with Crippen molar-refractivity contribution < 1.29 is 9.84 Å². The Morgan fingerprint density at radius 1 is 0.963 bits per heavy atom. The van der Waals surface area contributed by atoms with Crippen molar-refractivity contribution in [2.75, 3.05) is 6.61 Å². The molecule has 0 aromatic rings. The van der Waals surface area contributed by atoms with E-state index in [2.05, 4.69) is 47.6 Å². The van der Waals surface area contributed by atoms with Crippen molar-refractivity contribution in [1.29, 1.82) is 0 Å². The van der Waals surface area contributed by atoms with Gasteiger partial charge in [0.05, 0.1) is 18.3 Å². The Bertz CT molecular complexity index is 622. The SMILES string of the molecule is C/C1=C/CO[C@@]2(C)CCC3[C@@]4(C)CCCC(C)(C)C4[C@@H](O)C[C@@]3(C)[C@@H]2CC1. The maximum Gasteiger partial charge on any atom is 0.0692 e. The van der Waals surface area contributed by atoms with E-state index in [1.54, 1.807) is 0 Å². The van der Waals surface area contributed by atoms with E-state index < -0.39 is 0 Å². The smallest absolute Gasteiger partial charge is 0.0692 e. The van der Waals surface area contributed by atoms with Gasteiger partial charge in [-0.15, -0.1) is 0 Å². The normalized spacial score (nSPS) is 54.4. The van der Waals surface area contributed by atoms with E-state index in [-0.39, 0.29) is 27.9 Å². The molecule has 2 nitrogen and oxygen atoms in total. The van der Waals surface area contributed by atoms with Crippen molar-refractivity contribution in [2.24, 2.45) is 34.0 Å². The Labute approximate surface area is 167 Å². The maximum atomic E-state index is 11.5. The molecule has 0 spiro atoms. The number of rotatable bonds is 0. The minimum Gasteiger partial charge on any atom is -0.393 e. The number of fused-ring (bicyclic) bond motifs is 5. The van der Waals surface area contributed by atoms with Gasteiger partial charge in [0.15, 0.2) is 0 Å². The van der Waals surface area contributed by atoms with Crippen LogP contribution in [0.5, 0.6) is 0 Å². The fraction of sp³-hybridized carbons (Fsp3) is 0.920. The lowest BCUT2D eigenvalue weighted by Crippen LogP contribution is -2.66. The lowest BCUT2D eigenvalue weighted by Gasteiger charge is -2.69. The molecule has 154 valence electrons. The van der Waals surface area contributed by atoms with Gasteiger partial charge in [0, 0.05) is 0 Å². The molecular formula is C25H42O2. The van der Waals surface area contributed by atoms with Crippen molar-refractivity contribution in [3.63, 3.8) is 0 Å². The van der Waals surface area contributed by atoms with Crippen LogP contribution < -0.4 is 0 Å². The predicted octanol–water partition coefficient (Wildman–Crippen LogP) is 6.13. The number of hydrogen-bond acceptors (Lipinski definition) is 2. The van der Waals surface area contributed by atoms with Gasteiger partial charge >= 0.3 is 0 Å². The molecule has 0 aromatic carbocycles. The second kappa shape index (κ2) is 6.33. The largest absolute Gasteiger partial charge is 0.393 e. The Kier molecular flexibility index (Phi) is 4.68. The summed E-state index contributed by atoms with van der Waals surface area (Å²) in [5.74, 6) is 1.70. The molecule has 0 saturated heterocycles. The third-order valence-corrected chi connectivity index (χ3v) is 9.85. The summed E-state index contributed by atoms with van der Waals surface area (Å²) >= 11 is 0. The van der Waals surface area contributed by atoms with Crippen molar-refractivity contribution in [3.8, 4) is 0 Å². The second-order valence-electron chi connectivity index (χ2n) is 12.0. The quantitative estimate of drug-likeness (QED) is 0.517. The van der Waals surface area contributed by atoms with E-state index in [1.807, 2.05) is 0 Å². The molecular weight excluding hydrogens is 332 g/mol. The van der Waals surface area contributed by atoms with Crippen molar-refractivity contribution >= 4 is 0 Å². The third kappa shape index (κ3) is 2.88. The fourth-order valence-electron chi connectivity index (χ4n) is 8.95. The van der Waals surface area contributed by atoms with Gasteiger partial charge in [0.2, 0.25) is 0 Å². The van der Waals surface area contributed by atoms with Crippen LogP contribution in [-0.4, -0.2) is 23.4 Å². The van der Waals surface area contributed by atoms with Gasteiger partial charge in [0.1, 0.15) is 0 Å². The molecule has 27 heavy (non-hydrogen) atoms. The van der Waals surface area contributed by atoms with Gasteiger partial charge < -0.3 is 9.84 Å². The molecule has 3 fully saturated rings. The van der Waals surface area contributed by atoms with E-state index in [1.165, 1.54) is 50.5 Å². The Morgan fingerprint density at radius 2 is 1.70 bits per heavy atom. The van der Waals surface area contributed by atoms with Crippen LogP contribution in [0.1, 0.15) is 92.9 Å². The zero-order valence-electron chi connectivity index (χ0n) is 18.6. The summed E-state index contributed by atoms with van der Waals surface area (Å²) in [6.45, 7) is 15.3. The first kappa shape index (κ1) is 20.0. The molecule has 1 aliphatic heterocycles. The van der Waals surface area contributed by atoms with Gasteiger partial charge in [-0.05, 0) is 92.8 Å². The zero-order valence-corrected chi connectivity index (χ0v) is 18.6. The Morgan fingerprint density at radius 3 is 2.44 bits per heavy atom. The van der Waals surface area contributed by atoms with Crippen LogP contribution in [0.2, 0.25) is 0 Å². The van der Waals surface area contributed by atoms with Crippen LogP contribution in [0.15, 0.2) is 11.6 Å². The van der Waals surface area contributed by atoms with Crippen LogP contribution >= 0.6 is 0 Å². The van der Waals surface area contributed by atoms with Crippen molar-refractivity contribution in [2.45, 2.75) is 105 Å². The molecule has 1 N–H and O–H groups in total. The maximum absolute atomic E-state index is 11.5. The van der Waals surface area contributed by atoms with Crippen LogP contribution in [0.3, 0.4) is 0 Å². The average molecular weight is 375 g/mol. The number of hydrogen-bond donors (Lipinski definition) is 1. The van der Waals surface area contributed by atoms with Crippen molar-refractivity contribution in [3.05, 3.63) is 11.6 Å². The Balaban J connectivity index is 1.75. The summed E-state index contributed by atoms with van der Waals surface area (Å²) in [4.78, 5) is 0. The highest BCUT2D eigenvalue weighted by atomic mass is 16.5. The number of allylic oxidation sites excluding steroid dienone is 1. The fourth-order valence-corrected chi connectivity index (χ4v) is 8.95. The van der Waals surface area contributed by atoms with E-state index in [9.17, 15) is 5.11 Å². The van der Waals surface area contributed by atoms with Gasteiger partial charge in [-0.25, -0.2) is 0 Å². The predicted molar refractivity (Wildman–Crippen MR) is 112 cm³/mol. The van der Waals surface area contributed by atoms with Crippen molar-refractivity contribution in [1.82, 2.24) is 0 Å². The Hall–Kier alpha value is -0.340. The molecule has 0 amide bonds. The summed E-state index contributed by atoms with van der Waals surface area (Å²) in [5, 5.41) is 11.5. The van der Waals surface area contributed by atoms with Crippen LogP contribution in [0.25, 0.3) is 0 Å². The molecule has 0 bridgehead atoms. The summed E-state index contributed by atoms with van der Waals surface area (Å²) < 4.78 is 6.55. The lowest BCUT2D eigenvalue weighted by atomic mass is 9.37. The van der Waals surface area contributed by atoms with Crippen LogP contribution in [-0.2, 0) is 4.74 Å². The number of ether oxygens (including phenoxy) is 1. The van der Waals surface area contributed by atoms with Gasteiger partial charge in [-0.1, -0.05) is 45.8 Å². The molecule has 0 radical (unpaired) electrons. The topological polar surface area (TPSA) is 29.5 Å². The minimum atomic E-state index is -0.170. The van der Waals surface area contributed by atoms with Gasteiger partial charge in [-0.3, -0.25) is 0 Å². The second-order valence-corrected chi connectivity index (χ2v) is 12.0. The van der Waals surface area contributed by atoms with Gasteiger partial charge in [-0.2, -0.15) is 0 Å². The highest BCUT2D eigenvalue weighted by Crippen LogP contribution is 2.70. The van der Waals surface area contributed by atoms with Gasteiger partial charge in [0.25, 0.3) is 0 Å². The molecule has 0 aromatic heterocycles. The molecule has 3 saturated carbocycles. The van der Waals surface area contributed by atoms with E-state index in [4.69, 9.17) is 4.74 Å². The number of aliphatic hydroxyl groups excluding tert-OH is 1.